The minimum absolute atomic E-state index is 0.320. The van der Waals surface area contributed by atoms with Crippen molar-refractivity contribution in [2.75, 3.05) is 0 Å². The van der Waals surface area contributed by atoms with E-state index in [1.807, 2.05) is 34.9 Å². The number of hydrogen-bond donors (Lipinski definition) is 1. The molecule has 0 radical (unpaired) electrons. The summed E-state index contributed by atoms with van der Waals surface area (Å²) in [4.78, 5) is 11.6. The summed E-state index contributed by atoms with van der Waals surface area (Å²) < 4.78 is 20.5. The van der Waals surface area contributed by atoms with Crippen LogP contribution >= 0.6 is 11.8 Å². The standard InChI is InChI=1S/C21H16FN3O3S/c22-16-8-6-15(7-9-16)20-23-24-21(25(20)11-14-4-2-1-3-5-14)29-13-17-10-18(26)19(27)12-28-17/h1-10,12,27H,11,13H2. The van der Waals surface area contributed by atoms with E-state index in [-0.39, 0.29) is 5.82 Å². The quantitative estimate of drug-likeness (QED) is 0.483. The molecule has 2 aromatic heterocycles. The van der Waals surface area contributed by atoms with Crippen LogP contribution in [0.3, 0.4) is 0 Å². The molecule has 8 heteroatoms. The first-order chi connectivity index (χ1) is 14.1. The molecule has 146 valence electrons. The highest BCUT2D eigenvalue weighted by Gasteiger charge is 2.16. The Balaban J connectivity index is 1.66. The molecule has 0 amide bonds. The zero-order chi connectivity index (χ0) is 20.2. The molecule has 2 heterocycles. The van der Waals surface area contributed by atoms with Gasteiger partial charge >= 0.3 is 0 Å². The van der Waals surface area contributed by atoms with E-state index in [0.29, 0.717) is 29.0 Å². The molecule has 0 saturated heterocycles. The lowest BCUT2D eigenvalue weighted by molar-refractivity contribution is 0.419. The third-order valence-electron chi connectivity index (χ3n) is 4.21. The van der Waals surface area contributed by atoms with Crippen molar-refractivity contribution in [3.63, 3.8) is 0 Å². The number of rotatable bonds is 6. The molecule has 0 unspecified atom stereocenters. The van der Waals surface area contributed by atoms with Gasteiger partial charge in [0.2, 0.25) is 5.43 Å². The molecule has 1 N–H and O–H groups in total. The fourth-order valence-corrected chi connectivity index (χ4v) is 3.60. The first kappa shape index (κ1) is 18.9. The number of halogens is 1. The van der Waals surface area contributed by atoms with Crippen LogP contribution in [0.5, 0.6) is 5.75 Å². The third kappa shape index (κ3) is 4.38. The van der Waals surface area contributed by atoms with Crippen molar-refractivity contribution < 1.29 is 13.9 Å². The van der Waals surface area contributed by atoms with E-state index in [0.717, 1.165) is 17.4 Å². The van der Waals surface area contributed by atoms with Gasteiger partial charge in [0, 0.05) is 11.6 Å². The molecular weight excluding hydrogens is 393 g/mol. The largest absolute Gasteiger partial charge is 0.502 e. The minimum Gasteiger partial charge on any atom is -0.502 e. The highest BCUT2D eigenvalue weighted by atomic mass is 32.2. The van der Waals surface area contributed by atoms with Gasteiger partial charge in [-0.05, 0) is 29.8 Å². The zero-order valence-electron chi connectivity index (χ0n) is 15.2. The monoisotopic (exact) mass is 409 g/mol. The number of benzene rings is 2. The van der Waals surface area contributed by atoms with E-state index in [1.54, 1.807) is 12.1 Å². The van der Waals surface area contributed by atoms with Crippen molar-refractivity contribution in [2.24, 2.45) is 0 Å². The Morgan fingerprint density at radius 2 is 1.83 bits per heavy atom. The highest BCUT2D eigenvalue weighted by Crippen LogP contribution is 2.27. The number of hydrogen-bond acceptors (Lipinski definition) is 6. The second-order valence-electron chi connectivity index (χ2n) is 6.27. The van der Waals surface area contributed by atoms with E-state index < -0.39 is 11.2 Å². The van der Waals surface area contributed by atoms with Gasteiger partial charge in [-0.25, -0.2) is 4.39 Å². The van der Waals surface area contributed by atoms with Gasteiger partial charge in [-0.15, -0.1) is 10.2 Å². The maximum atomic E-state index is 13.3. The Bertz CT molecular complexity index is 1170. The second kappa shape index (κ2) is 8.32. The maximum absolute atomic E-state index is 13.3. The summed E-state index contributed by atoms with van der Waals surface area (Å²) in [6, 6.07) is 17.2. The Morgan fingerprint density at radius 3 is 2.55 bits per heavy atom. The fourth-order valence-electron chi connectivity index (χ4n) is 2.77. The third-order valence-corrected chi connectivity index (χ3v) is 5.20. The fraction of sp³-hybridized carbons (Fsp3) is 0.0952. The average molecular weight is 409 g/mol. The van der Waals surface area contributed by atoms with Crippen LogP contribution in [0.15, 0.2) is 81.3 Å². The molecule has 4 aromatic rings. The SMILES string of the molecule is O=c1cc(CSc2nnc(-c3ccc(F)cc3)n2Cc2ccccc2)occ1O. The van der Waals surface area contributed by atoms with Crippen LogP contribution < -0.4 is 5.43 Å². The minimum atomic E-state index is -0.496. The van der Waals surface area contributed by atoms with Crippen molar-refractivity contribution in [2.45, 2.75) is 17.5 Å². The van der Waals surface area contributed by atoms with E-state index in [2.05, 4.69) is 10.2 Å². The maximum Gasteiger partial charge on any atom is 0.226 e. The van der Waals surface area contributed by atoms with Gasteiger partial charge in [0.05, 0.1) is 12.3 Å². The van der Waals surface area contributed by atoms with E-state index >= 15 is 0 Å². The van der Waals surface area contributed by atoms with Crippen LogP contribution in [-0.2, 0) is 12.3 Å². The predicted octanol–water partition coefficient (Wildman–Crippen LogP) is 4.08. The highest BCUT2D eigenvalue weighted by molar-refractivity contribution is 7.98. The van der Waals surface area contributed by atoms with Gasteiger partial charge in [0.1, 0.15) is 17.8 Å². The topological polar surface area (TPSA) is 81.2 Å². The number of aromatic hydroxyl groups is 1. The molecule has 29 heavy (non-hydrogen) atoms. The molecule has 0 aliphatic rings. The smallest absolute Gasteiger partial charge is 0.226 e. The van der Waals surface area contributed by atoms with Crippen LogP contribution in [0, 0.1) is 5.82 Å². The molecule has 4 rings (SSSR count). The molecule has 0 saturated carbocycles. The first-order valence-corrected chi connectivity index (χ1v) is 9.75. The summed E-state index contributed by atoms with van der Waals surface area (Å²) in [5, 5.41) is 18.5. The van der Waals surface area contributed by atoms with Crippen molar-refractivity contribution in [3.05, 3.63) is 94.3 Å². The van der Waals surface area contributed by atoms with E-state index in [1.165, 1.54) is 30.0 Å². The van der Waals surface area contributed by atoms with Gasteiger partial charge in [-0.3, -0.25) is 9.36 Å². The van der Waals surface area contributed by atoms with E-state index in [4.69, 9.17) is 4.42 Å². The van der Waals surface area contributed by atoms with Crippen molar-refractivity contribution in [3.8, 4) is 17.1 Å². The lowest BCUT2D eigenvalue weighted by atomic mass is 10.2. The molecule has 0 atom stereocenters. The number of aromatic nitrogens is 3. The Kier molecular flexibility index (Phi) is 5.44. The van der Waals surface area contributed by atoms with Gasteiger partial charge < -0.3 is 9.52 Å². The Hall–Kier alpha value is -3.39. The Morgan fingerprint density at radius 1 is 1.07 bits per heavy atom. The molecule has 0 aliphatic heterocycles. The summed E-state index contributed by atoms with van der Waals surface area (Å²) in [5.41, 5.74) is 1.32. The molecule has 0 bridgehead atoms. The number of thioether (sulfide) groups is 1. The molecule has 0 aliphatic carbocycles. The van der Waals surface area contributed by atoms with E-state index in [9.17, 15) is 14.3 Å². The van der Waals surface area contributed by atoms with Crippen molar-refractivity contribution in [1.29, 1.82) is 0 Å². The van der Waals surface area contributed by atoms with Crippen LogP contribution in [0.25, 0.3) is 11.4 Å². The molecule has 6 nitrogen and oxygen atoms in total. The van der Waals surface area contributed by atoms with Crippen molar-refractivity contribution >= 4 is 11.8 Å². The number of nitrogens with zero attached hydrogens (tertiary/aromatic N) is 3. The summed E-state index contributed by atoms with van der Waals surface area (Å²) >= 11 is 1.35. The Labute approximate surface area is 169 Å². The van der Waals surface area contributed by atoms with Crippen molar-refractivity contribution in [1.82, 2.24) is 14.8 Å². The zero-order valence-corrected chi connectivity index (χ0v) is 16.0. The van der Waals surface area contributed by atoms with Crippen LogP contribution in [0.1, 0.15) is 11.3 Å². The van der Waals surface area contributed by atoms with Crippen LogP contribution in [-0.4, -0.2) is 19.9 Å². The lowest BCUT2D eigenvalue weighted by Gasteiger charge is -2.10. The predicted molar refractivity (Wildman–Crippen MR) is 107 cm³/mol. The summed E-state index contributed by atoms with van der Waals surface area (Å²) in [6.07, 6.45) is 1.02. The second-order valence-corrected chi connectivity index (χ2v) is 7.21. The van der Waals surface area contributed by atoms with Crippen LogP contribution in [0.2, 0.25) is 0 Å². The average Bonchev–Trinajstić information content (AvgIpc) is 3.12. The molecule has 2 aromatic carbocycles. The molecule has 0 fully saturated rings. The molecule has 0 spiro atoms. The van der Waals surface area contributed by atoms with Gasteiger partial charge in [-0.2, -0.15) is 0 Å². The first-order valence-electron chi connectivity index (χ1n) is 8.77. The summed E-state index contributed by atoms with van der Waals surface area (Å²) in [7, 11) is 0. The lowest BCUT2D eigenvalue weighted by Crippen LogP contribution is -2.04. The van der Waals surface area contributed by atoms with Gasteiger partial charge in [-0.1, -0.05) is 42.1 Å². The van der Waals surface area contributed by atoms with Crippen LogP contribution in [0.4, 0.5) is 4.39 Å². The molecular formula is C21H16FN3O3S. The summed E-state index contributed by atoms with van der Waals surface area (Å²) in [5.74, 6) is 0.620. The summed E-state index contributed by atoms with van der Waals surface area (Å²) in [6.45, 7) is 0.530. The normalized spacial score (nSPS) is 10.9. The van der Waals surface area contributed by atoms with Gasteiger partial charge in [0.25, 0.3) is 0 Å². The van der Waals surface area contributed by atoms with Gasteiger partial charge in [0.15, 0.2) is 16.7 Å².